The van der Waals surface area contributed by atoms with Gasteiger partial charge in [-0.25, -0.2) is 19.0 Å². The molecule has 0 saturated heterocycles. The first-order chi connectivity index (χ1) is 25.4. The third-order valence-electron chi connectivity index (χ3n) is 9.84. The predicted molar refractivity (Wildman–Crippen MR) is 200 cm³/mol. The van der Waals surface area contributed by atoms with E-state index in [4.69, 9.17) is 19.0 Å². The fourth-order valence-corrected chi connectivity index (χ4v) is 8.75. The summed E-state index contributed by atoms with van der Waals surface area (Å²) in [5, 5.41) is 14.5. The van der Waals surface area contributed by atoms with Gasteiger partial charge >= 0.3 is 0 Å². The van der Waals surface area contributed by atoms with Gasteiger partial charge in [0.25, 0.3) is 5.91 Å². The van der Waals surface area contributed by atoms with Gasteiger partial charge in [0.05, 0.1) is 25.5 Å². The summed E-state index contributed by atoms with van der Waals surface area (Å²) in [6, 6.07) is 37.0. The lowest BCUT2D eigenvalue weighted by Gasteiger charge is -2.32. The van der Waals surface area contributed by atoms with E-state index in [1.54, 1.807) is 13.3 Å². The zero-order valence-corrected chi connectivity index (χ0v) is 29.5. The van der Waals surface area contributed by atoms with Crippen molar-refractivity contribution >= 4 is 21.5 Å². The monoisotopic (exact) mass is 710 g/mol. The Morgan fingerprint density at radius 1 is 0.923 bits per heavy atom. The van der Waals surface area contributed by atoms with Crippen molar-refractivity contribution in [2.24, 2.45) is 9.50 Å². The minimum absolute atomic E-state index is 0.116. The molecule has 0 fully saturated rings. The molecular weight excluding hydrogens is 673 g/mol. The minimum Gasteiger partial charge on any atom is -0.481 e. The van der Waals surface area contributed by atoms with E-state index in [2.05, 4.69) is 21.5 Å². The molecule has 2 aromatic heterocycles. The SMILES string of the molecule is COc1cc(-c2ccc3c(c2NC(=O)C2Cn4ncc(S(N)(=O)=NC(c5ccccc5)(c5ccccc5)c5ccccc5)c4O2)CCCC3)ccn1. The van der Waals surface area contributed by atoms with Gasteiger partial charge in [-0.15, -0.1) is 0 Å². The highest BCUT2D eigenvalue weighted by molar-refractivity contribution is 7.91. The lowest BCUT2D eigenvalue weighted by Crippen LogP contribution is -2.33. The van der Waals surface area contributed by atoms with Crippen LogP contribution < -0.4 is 19.9 Å². The van der Waals surface area contributed by atoms with Crippen molar-refractivity contribution in [2.45, 2.75) is 48.8 Å². The lowest BCUT2D eigenvalue weighted by molar-refractivity contribution is -0.122. The topological polar surface area (TPSA) is 134 Å². The number of pyridine rings is 1. The van der Waals surface area contributed by atoms with Gasteiger partial charge in [-0.1, -0.05) is 103 Å². The Morgan fingerprint density at radius 2 is 1.56 bits per heavy atom. The molecule has 1 amide bonds. The van der Waals surface area contributed by atoms with Gasteiger partial charge < -0.3 is 14.8 Å². The highest BCUT2D eigenvalue weighted by Gasteiger charge is 2.40. The number of anilines is 1. The summed E-state index contributed by atoms with van der Waals surface area (Å²) < 4.78 is 33.2. The van der Waals surface area contributed by atoms with Crippen LogP contribution in [0.25, 0.3) is 11.1 Å². The van der Waals surface area contributed by atoms with Crippen molar-refractivity contribution in [1.82, 2.24) is 14.8 Å². The largest absolute Gasteiger partial charge is 0.481 e. The van der Waals surface area contributed by atoms with Crippen LogP contribution in [0.5, 0.6) is 11.8 Å². The van der Waals surface area contributed by atoms with E-state index in [1.165, 1.54) is 16.4 Å². The number of carbonyl (C=O) groups excluding carboxylic acids is 1. The van der Waals surface area contributed by atoms with Gasteiger partial charge in [0, 0.05) is 17.8 Å². The maximum Gasteiger partial charge on any atom is 0.267 e. The van der Waals surface area contributed by atoms with Crippen molar-refractivity contribution < 1.29 is 18.5 Å². The second kappa shape index (κ2) is 13.7. The number of nitrogens with one attached hydrogen (secondary N) is 1. The third kappa shape index (κ3) is 6.01. The number of hydrogen-bond acceptors (Lipinski definition) is 7. The van der Waals surface area contributed by atoms with E-state index in [0.29, 0.717) is 5.88 Å². The van der Waals surface area contributed by atoms with Crippen molar-refractivity contribution in [1.29, 1.82) is 0 Å². The van der Waals surface area contributed by atoms with Gasteiger partial charge in [0.1, 0.15) is 20.3 Å². The summed E-state index contributed by atoms with van der Waals surface area (Å²) in [7, 11) is -2.12. The summed E-state index contributed by atoms with van der Waals surface area (Å²) in [6.07, 6.45) is 6.10. The number of methoxy groups -OCH3 is 1. The first-order valence-corrected chi connectivity index (χ1v) is 18.9. The number of nitrogens with zero attached hydrogens (tertiary/aromatic N) is 4. The number of nitrogens with two attached hydrogens (primary N) is 1. The van der Waals surface area contributed by atoms with E-state index in [0.717, 1.165) is 64.8 Å². The highest BCUT2D eigenvalue weighted by Crippen LogP contribution is 2.43. The number of amides is 1. The van der Waals surface area contributed by atoms with Crippen LogP contribution in [0.4, 0.5) is 5.69 Å². The minimum atomic E-state index is -3.70. The molecule has 0 saturated carbocycles. The average Bonchev–Trinajstić information content (AvgIpc) is 3.80. The number of benzene rings is 4. The molecule has 3 heterocycles. The number of aromatic nitrogens is 3. The number of aryl methyl sites for hydroxylation is 1. The molecule has 3 N–H and O–H groups in total. The Hall–Kier alpha value is -5.78. The number of hydrogen-bond donors (Lipinski definition) is 2. The molecule has 0 radical (unpaired) electrons. The zero-order chi connectivity index (χ0) is 35.7. The molecule has 11 heteroatoms. The molecule has 0 spiro atoms. The van der Waals surface area contributed by atoms with E-state index >= 15 is 0 Å². The first-order valence-electron chi connectivity index (χ1n) is 17.3. The molecule has 6 aromatic rings. The van der Waals surface area contributed by atoms with Crippen molar-refractivity contribution in [3.63, 3.8) is 0 Å². The maximum absolute atomic E-state index is 14.9. The fraction of sp³-hybridized carbons (Fsp3) is 0.195. The van der Waals surface area contributed by atoms with Crippen LogP contribution >= 0.6 is 0 Å². The van der Waals surface area contributed by atoms with Crippen LogP contribution in [0.3, 0.4) is 0 Å². The number of fused-ring (bicyclic) bond motifs is 2. The Bertz CT molecular complexity index is 2280. The molecule has 0 bridgehead atoms. The maximum atomic E-state index is 14.9. The van der Waals surface area contributed by atoms with Crippen molar-refractivity contribution in [2.75, 3.05) is 12.4 Å². The second-order valence-electron chi connectivity index (χ2n) is 13.0. The molecule has 1 aliphatic carbocycles. The highest BCUT2D eigenvalue weighted by atomic mass is 32.2. The first kappa shape index (κ1) is 33.4. The van der Waals surface area contributed by atoms with E-state index in [-0.39, 0.29) is 23.2 Å². The molecule has 2 unspecified atom stereocenters. The predicted octanol–water partition coefficient (Wildman–Crippen LogP) is 6.92. The average molecular weight is 711 g/mol. The Kier molecular flexibility index (Phi) is 8.82. The van der Waals surface area contributed by atoms with Crippen molar-refractivity contribution in [3.05, 3.63) is 155 Å². The Labute approximate surface area is 303 Å². The summed E-state index contributed by atoms with van der Waals surface area (Å²) in [5.41, 5.74) is 5.97. The molecule has 2 aliphatic rings. The van der Waals surface area contributed by atoms with E-state index < -0.39 is 21.6 Å². The van der Waals surface area contributed by atoms with Crippen LogP contribution in [0.1, 0.15) is 40.7 Å². The molecule has 4 aromatic carbocycles. The number of rotatable bonds is 9. The Balaban J connectivity index is 1.16. The van der Waals surface area contributed by atoms with Crippen molar-refractivity contribution in [3.8, 4) is 22.9 Å². The fourth-order valence-electron chi connectivity index (χ4n) is 7.32. The van der Waals surface area contributed by atoms with Gasteiger partial charge in [0.15, 0.2) is 6.10 Å². The number of ether oxygens (including phenoxy) is 2. The molecule has 262 valence electrons. The Morgan fingerprint density at radius 3 is 2.19 bits per heavy atom. The zero-order valence-electron chi connectivity index (χ0n) is 28.6. The lowest BCUT2D eigenvalue weighted by atomic mass is 9.78. The van der Waals surface area contributed by atoms with Crippen LogP contribution in [-0.2, 0) is 39.6 Å². The van der Waals surface area contributed by atoms with Gasteiger partial charge in [-0.2, -0.15) is 9.46 Å². The molecule has 10 nitrogen and oxygen atoms in total. The quantitative estimate of drug-likeness (QED) is 0.157. The molecule has 2 atom stereocenters. The standard InChI is InChI=1S/C41H38N6O4S/c1-50-37-25-29(23-24-43-37)34-22-21-28-13-11-12-20-33(28)38(34)45-39(48)35-27-47-40(51-35)36(26-44-47)52(42,49)46-41(30-14-5-2-6-15-30,31-16-7-3-8-17-31)32-18-9-4-10-19-32/h2-10,14-19,21-26,35H,11-13,20,27H2,1H3,(H,45,48)(H2,42,46,49). The van der Waals surface area contributed by atoms with Crippen LogP contribution in [0.15, 0.2) is 137 Å². The number of carbonyl (C=O) groups is 1. The van der Waals surface area contributed by atoms with Gasteiger partial charge in [-0.05, 0) is 65.1 Å². The summed E-state index contributed by atoms with van der Waals surface area (Å²) in [6.45, 7) is 0.116. The molecular formula is C41H38N6O4S. The summed E-state index contributed by atoms with van der Waals surface area (Å²) >= 11 is 0. The molecule has 1 aliphatic heterocycles. The van der Waals surface area contributed by atoms with E-state index in [9.17, 15) is 9.00 Å². The molecule has 8 rings (SSSR count). The molecule has 52 heavy (non-hydrogen) atoms. The van der Waals surface area contributed by atoms with E-state index in [1.807, 2.05) is 109 Å². The van der Waals surface area contributed by atoms with Gasteiger partial charge in [0.2, 0.25) is 11.8 Å². The second-order valence-corrected chi connectivity index (χ2v) is 14.7. The van der Waals surface area contributed by atoms with Gasteiger partial charge in [-0.3, -0.25) is 4.79 Å². The van der Waals surface area contributed by atoms with Crippen LogP contribution in [0, 0.1) is 0 Å². The summed E-state index contributed by atoms with van der Waals surface area (Å²) in [4.78, 5) is 18.5. The van der Waals surface area contributed by atoms with Crippen LogP contribution in [-0.4, -0.2) is 38.1 Å². The normalized spacial score (nSPS) is 16.2. The van der Waals surface area contributed by atoms with Crippen LogP contribution in [0.2, 0.25) is 0 Å². The smallest absolute Gasteiger partial charge is 0.267 e. The third-order valence-corrected chi connectivity index (χ3v) is 11.3. The summed E-state index contributed by atoms with van der Waals surface area (Å²) in [5.74, 6) is 0.301.